The van der Waals surface area contributed by atoms with Gasteiger partial charge >= 0.3 is 0 Å². The van der Waals surface area contributed by atoms with Gasteiger partial charge in [0.05, 0.1) is 11.0 Å². The fraction of sp³-hybridized carbons (Fsp3) is 0.533. The van der Waals surface area contributed by atoms with E-state index in [1.165, 1.54) is 12.1 Å². The second-order valence-electron chi connectivity index (χ2n) is 5.93. The third kappa shape index (κ3) is 1.73. The first kappa shape index (κ1) is 12.1. The van der Waals surface area contributed by atoms with Crippen molar-refractivity contribution in [3.8, 4) is 0 Å². The Morgan fingerprint density at radius 1 is 1.40 bits per heavy atom. The predicted molar refractivity (Wildman–Crippen MR) is 77.3 cm³/mol. The summed E-state index contributed by atoms with van der Waals surface area (Å²) >= 11 is 0. The number of nitrogens with zero attached hydrogens (tertiary/aromatic N) is 2. The molecule has 2 saturated heterocycles. The van der Waals surface area contributed by atoms with Crippen LogP contribution in [0.4, 0.5) is 10.3 Å². The molecule has 3 heterocycles. The van der Waals surface area contributed by atoms with E-state index >= 15 is 0 Å². The Morgan fingerprint density at radius 2 is 2.30 bits per heavy atom. The Hall–Kier alpha value is -1.62. The van der Waals surface area contributed by atoms with Gasteiger partial charge in [0.25, 0.3) is 0 Å². The molecule has 2 aliphatic rings. The molecule has 3 unspecified atom stereocenters. The number of halogens is 1. The number of imidazole rings is 1. The van der Waals surface area contributed by atoms with Crippen LogP contribution < -0.4 is 10.2 Å². The van der Waals surface area contributed by atoms with E-state index in [4.69, 9.17) is 0 Å². The van der Waals surface area contributed by atoms with Gasteiger partial charge in [0.15, 0.2) is 0 Å². The van der Waals surface area contributed by atoms with Gasteiger partial charge in [0, 0.05) is 25.7 Å². The zero-order chi connectivity index (χ0) is 13.7. The lowest BCUT2D eigenvalue weighted by Crippen LogP contribution is -2.35. The van der Waals surface area contributed by atoms with E-state index in [0.717, 1.165) is 43.0 Å². The molecule has 4 nitrogen and oxygen atoms in total. The summed E-state index contributed by atoms with van der Waals surface area (Å²) in [5, 5.41) is 3.49. The molecule has 0 saturated carbocycles. The lowest BCUT2D eigenvalue weighted by Gasteiger charge is -2.26. The number of rotatable bonds is 2. The van der Waals surface area contributed by atoms with Crippen molar-refractivity contribution in [1.82, 2.24) is 15.3 Å². The van der Waals surface area contributed by atoms with Crippen molar-refractivity contribution in [2.75, 3.05) is 24.5 Å². The van der Waals surface area contributed by atoms with Crippen LogP contribution in [0.15, 0.2) is 18.2 Å². The molecule has 3 atom stereocenters. The normalized spacial score (nSPS) is 29.3. The Labute approximate surface area is 117 Å². The lowest BCUT2D eigenvalue weighted by molar-refractivity contribution is 0.441. The number of hydrogen-bond acceptors (Lipinski definition) is 3. The molecule has 20 heavy (non-hydrogen) atoms. The minimum Gasteiger partial charge on any atom is -0.339 e. The smallest absolute Gasteiger partial charge is 0.204 e. The third-order valence-electron chi connectivity index (χ3n) is 4.84. The van der Waals surface area contributed by atoms with Gasteiger partial charge in [-0.3, -0.25) is 0 Å². The van der Waals surface area contributed by atoms with Crippen LogP contribution in [0.5, 0.6) is 0 Å². The summed E-state index contributed by atoms with van der Waals surface area (Å²) in [6.07, 6.45) is 1.12. The summed E-state index contributed by atoms with van der Waals surface area (Å²) in [6.45, 7) is 5.49. The lowest BCUT2D eigenvalue weighted by atomic mass is 9.93. The molecule has 2 aromatic rings. The van der Waals surface area contributed by atoms with E-state index in [-0.39, 0.29) is 5.82 Å². The Morgan fingerprint density at radius 3 is 3.15 bits per heavy atom. The number of anilines is 1. The van der Waals surface area contributed by atoms with Gasteiger partial charge in [-0.15, -0.1) is 0 Å². The number of hydrogen-bond donors (Lipinski definition) is 2. The van der Waals surface area contributed by atoms with Gasteiger partial charge in [-0.05, 0) is 36.5 Å². The van der Waals surface area contributed by atoms with Crippen LogP contribution in [0, 0.1) is 17.7 Å². The molecule has 2 fully saturated rings. The van der Waals surface area contributed by atoms with Gasteiger partial charge in [-0.1, -0.05) is 6.92 Å². The minimum absolute atomic E-state index is 0.220. The van der Waals surface area contributed by atoms with Crippen LogP contribution in [-0.2, 0) is 0 Å². The summed E-state index contributed by atoms with van der Waals surface area (Å²) in [5.41, 5.74) is 1.62. The van der Waals surface area contributed by atoms with E-state index in [1.54, 1.807) is 6.07 Å². The maximum absolute atomic E-state index is 13.3. The highest BCUT2D eigenvalue weighted by Crippen LogP contribution is 2.36. The molecule has 5 heteroatoms. The first-order chi connectivity index (χ1) is 9.76. The summed E-state index contributed by atoms with van der Waals surface area (Å²) in [4.78, 5) is 10.3. The van der Waals surface area contributed by atoms with Gasteiger partial charge in [0.2, 0.25) is 5.95 Å². The molecule has 2 N–H and O–H groups in total. The van der Waals surface area contributed by atoms with E-state index < -0.39 is 0 Å². The van der Waals surface area contributed by atoms with Gasteiger partial charge in [-0.2, -0.15) is 0 Å². The van der Waals surface area contributed by atoms with E-state index in [1.807, 2.05) is 0 Å². The molecule has 0 amide bonds. The maximum atomic E-state index is 13.3. The van der Waals surface area contributed by atoms with Gasteiger partial charge < -0.3 is 15.2 Å². The molecule has 0 bridgehead atoms. The van der Waals surface area contributed by atoms with Crippen LogP contribution in [0.3, 0.4) is 0 Å². The molecule has 4 rings (SSSR count). The first-order valence-corrected chi connectivity index (χ1v) is 7.39. The monoisotopic (exact) mass is 274 g/mol. The van der Waals surface area contributed by atoms with E-state index in [9.17, 15) is 4.39 Å². The number of H-pyrrole nitrogens is 1. The first-order valence-electron chi connectivity index (χ1n) is 7.39. The van der Waals surface area contributed by atoms with E-state index in [0.29, 0.717) is 17.9 Å². The van der Waals surface area contributed by atoms with Crippen LogP contribution in [0.25, 0.3) is 11.0 Å². The van der Waals surface area contributed by atoms with Crippen LogP contribution in [0.2, 0.25) is 0 Å². The van der Waals surface area contributed by atoms with Crippen LogP contribution in [0.1, 0.15) is 13.3 Å². The van der Waals surface area contributed by atoms with E-state index in [2.05, 4.69) is 27.1 Å². The fourth-order valence-electron chi connectivity index (χ4n) is 3.89. The van der Waals surface area contributed by atoms with Crippen molar-refractivity contribution in [2.24, 2.45) is 11.8 Å². The minimum atomic E-state index is -0.220. The molecule has 1 aromatic heterocycles. The summed E-state index contributed by atoms with van der Waals surface area (Å²) < 4.78 is 13.3. The molecular weight excluding hydrogens is 255 g/mol. The molecule has 0 spiro atoms. The summed E-state index contributed by atoms with van der Waals surface area (Å²) in [7, 11) is 0. The van der Waals surface area contributed by atoms with Crippen molar-refractivity contribution >= 4 is 17.0 Å². The van der Waals surface area contributed by atoms with Crippen molar-refractivity contribution in [1.29, 1.82) is 0 Å². The van der Waals surface area contributed by atoms with Gasteiger partial charge in [-0.25, -0.2) is 9.37 Å². The number of benzene rings is 1. The topological polar surface area (TPSA) is 44.0 Å². The Kier molecular flexibility index (Phi) is 2.70. The largest absolute Gasteiger partial charge is 0.339 e. The summed E-state index contributed by atoms with van der Waals surface area (Å²) in [6, 6.07) is 5.25. The highest BCUT2D eigenvalue weighted by Gasteiger charge is 2.44. The van der Waals surface area contributed by atoms with Crippen molar-refractivity contribution in [3.63, 3.8) is 0 Å². The predicted octanol–water partition coefficient (Wildman–Crippen LogP) is 2.14. The average Bonchev–Trinajstić information content (AvgIpc) is 3.09. The van der Waals surface area contributed by atoms with Crippen molar-refractivity contribution in [2.45, 2.75) is 19.4 Å². The highest BCUT2D eigenvalue weighted by molar-refractivity contribution is 5.77. The van der Waals surface area contributed by atoms with Crippen LogP contribution >= 0.6 is 0 Å². The number of nitrogens with one attached hydrogen (secondary N) is 2. The fourth-order valence-corrected chi connectivity index (χ4v) is 3.89. The molecular formula is C15H19FN4. The zero-order valence-corrected chi connectivity index (χ0v) is 11.6. The average molecular weight is 274 g/mol. The second-order valence-corrected chi connectivity index (χ2v) is 5.93. The third-order valence-corrected chi connectivity index (χ3v) is 4.84. The van der Waals surface area contributed by atoms with Crippen molar-refractivity contribution < 1.29 is 4.39 Å². The Balaban J connectivity index is 1.71. The second kappa shape index (κ2) is 4.45. The standard InChI is InChI=1S/C15H19FN4/c1-2-14-11-7-17-6-9(11)8-20(14)15-18-12-4-3-10(16)5-13(12)19-15/h3-5,9,11,14,17H,2,6-8H2,1H3,(H,18,19). The molecule has 0 aliphatic carbocycles. The molecule has 1 aromatic carbocycles. The number of fused-ring (bicyclic) bond motifs is 2. The molecule has 106 valence electrons. The molecule has 2 aliphatic heterocycles. The van der Waals surface area contributed by atoms with Crippen molar-refractivity contribution in [3.05, 3.63) is 24.0 Å². The molecule has 0 radical (unpaired) electrons. The van der Waals surface area contributed by atoms with Gasteiger partial charge in [0.1, 0.15) is 5.82 Å². The quantitative estimate of drug-likeness (QED) is 0.882. The number of aromatic amines is 1. The Bertz CT molecular complexity index is 638. The highest BCUT2D eigenvalue weighted by atomic mass is 19.1. The van der Waals surface area contributed by atoms with Crippen LogP contribution in [-0.4, -0.2) is 35.6 Å². The number of aromatic nitrogens is 2. The summed E-state index contributed by atoms with van der Waals surface area (Å²) in [5.74, 6) is 2.10. The maximum Gasteiger partial charge on any atom is 0.204 e. The SMILES string of the molecule is CCC1C2CNCC2CN1c1nc2ccc(F)cc2[nH]1. The zero-order valence-electron chi connectivity index (χ0n) is 11.6.